The predicted octanol–water partition coefficient (Wildman–Crippen LogP) is 7.22. The van der Waals surface area contributed by atoms with E-state index in [-0.39, 0.29) is 5.41 Å². The molecule has 2 aromatic carbocycles. The summed E-state index contributed by atoms with van der Waals surface area (Å²) in [6.07, 6.45) is 9.49. The zero-order valence-corrected chi connectivity index (χ0v) is 20.7. The minimum atomic E-state index is -0.0180. The Kier molecular flexibility index (Phi) is 4.52. The molecule has 3 saturated carbocycles. The van der Waals surface area contributed by atoms with Gasteiger partial charge < -0.3 is 4.57 Å². The molecule has 4 aliphatic carbocycles. The lowest BCUT2D eigenvalue weighted by atomic mass is 9.45. The fourth-order valence-corrected chi connectivity index (χ4v) is 9.34. The number of rotatable bonds is 2. The average Bonchev–Trinajstić information content (AvgIpc) is 3.32. The summed E-state index contributed by atoms with van der Waals surface area (Å²) < 4.78 is 2.64. The molecule has 0 bridgehead atoms. The lowest BCUT2D eigenvalue weighted by Gasteiger charge is -2.59. The number of carbonyl (C=O) groups excluding carboxylic acids is 1. The molecule has 2 nitrogen and oxygen atoms in total. The molecule has 0 N–H and O–H groups in total. The molecule has 34 heavy (non-hydrogen) atoms. The van der Waals surface area contributed by atoms with Crippen LogP contribution < -0.4 is 0 Å². The van der Waals surface area contributed by atoms with E-state index in [1.807, 2.05) is 0 Å². The van der Waals surface area contributed by atoms with E-state index in [9.17, 15) is 4.79 Å². The summed E-state index contributed by atoms with van der Waals surface area (Å²) in [5, 5.41) is 1.48. The molecule has 1 aromatic heterocycles. The Bertz CT molecular complexity index is 1270. The van der Waals surface area contributed by atoms with E-state index in [0.717, 1.165) is 43.6 Å². The van der Waals surface area contributed by atoms with Crippen LogP contribution in [0.4, 0.5) is 0 Å². The zero-order valence-electron chi connectivity index (χ0n) is 20.7. The quantitative estimate of drug-likeness (QED) is 0.403. The number of fused-ring (bicyclic) bond motifs is 8. The van der Waals surface area contributed by atoms with Crippen LogP contribution in [-0.4, -0.2) is 10.4 Å². The summed E-state index contributed by atoms with van der Waals surface area (Å²) in [5.74, 6) is 3.50. The maximum absolute atomic E-state index is 12.8. The van der Waals surface area contributed by atoms with Crippen LogP contribution in [0.3, 0.4) is 0 Å². The molecule has 0 aliphatic heterocycles. The van der Waals surface area contributed by atoms with Crippen LogP contribution in [0.15, 0.2) is 54.6 Å². The van der Waals surface area contributed by atoms with Gasteiger partial charge in [-0.2, -0.15) is 0 Å². The second kappa shape index (κ2) is 7.33. The van der Waals surface area contributed by atoms with Gasteiger partial charge in [-0.3, -0.25) is 4.79 Å². The highest BCUT2D eigenvalue weighted by atomic mass is 16.1. The van der Waals surface area contributed by atoms with Crippen LogP contribution in [0.5, 0.6) is 0 Å². The second-order valence-corrected chi connectivity index (χ2v) is 12.5. The fourth-order valence-electron chi connectivity index (χ4n) is 9.34. The number of ketones is 1. The van der Waals surface area contributed by atoms with Gasteiger partial charge in [0.15, 0.2) is 0 Å². The third kappa shape index (κ3) is 2.77. The Balaban J connectivity index is 1.30. The topological polar surface area (TPSA) is 22.0 Å². The van der Waals surface area contributed by atoms with Crippen molar-refractivity contribution in [3.8, 4) is 0 Å². The largest absolute Gasteiger partial charge is 0.340 e. The van der Waals surface area contributed by atoms with Crippen molar-refractivity contribution in [1.29, 1.82) is 0 Å². The first-order valence-electron chi connectivity index (χ1n) is 13.7. The number of para-hydroxylation sites is 1. The van der Waals surface area contributed by atoms with E-state index in [2.05, 4.69) is 73.0 Å². The molecule has 0 amide bonds. The lowest BCUT2D eigenvalue weighted by Crippen LogP contribution is -2.54. The maximum Gasteiger partial charge on any atom is 0.139 e. The molecule has 6 atom stereocenters. The molecule has 0 spiro atoms. The summed E-state index contributed by atoms with van der Waals surface area (Å²) in [6, 6.07) is 20.1. The van der Waals surface area contributed by atoms with Crippen molar-refractivity contribution >= 4 is 16.7 Å². The predicted molar refractivity (Wildman–Crippen MR) is 138 cm³/mol. The first kappa shape index (κ1) is 21.0. The highest BCUT2D eigenvalue weighted by molar-refractivity contribution is 5.87. The Morgan fingerprint density at radius 2 is 1.71 bits per heavy atom. The van der Waals surface area contributed by atoms with Gasteiger partial charge in [-0.25, -0.2) is 0 Å². The van der Waals surface area contributed by atoms with Crippen molar-refractivity contribution in [2.75, 3.05) is 0 Å². The van der Waals surface area contributed by atoms with Crippen molar-refractivity contribution in [3.63, 3.8) is 0 Å². The van der Waals surface area contributed by atoms with Crippen molar-refractivity contribution in [1.82, 2.24) is 4.57 Å². The minimum Gasteiger partial charge on any atom is -0.340 e. The first-order chi connectivity index (χ1) is 16.5. The van der Waals surface area contributed by atoms with Crippen molar-refractivity contribution in [2.24, 2.45) is 34.5 Å². The van der Waals surface area contributed by atoms with E-state index in [1.165, 1.54) is 48.6 Å². The third-order valence-electron chi connectivity index (χ3n) is 11.1. The Hall–Kier alpha value is -2.35. The average molecular weight is 452 g/mol. The van der Waals surface area contributed by atoms with E-state index >= 15 is 0 Å². The number of aromatic nitrogens is 1. The van der Waals surface area contributed by atoms with Gasteiger partial charge in [0.1, 0.15) is 5.78 Å². The molecule has 0 radical (unpaired) electrons. The van der Waals surface area contributed by atoms with Crippen LogP contribution in [0, 0.1) is 34.5 Å². The van der Waals surface area contributed by atoms with Crippen molar-refractivity contribution in [3.05, 3.63) is 71.4 Å². The van der Waals surface area contributed by atoms with Gasteiger partial charge in [0, 0.05) is 35.0 Å². The smallest absolute Gasteiger partial charge is 0.139 e. The summed E-state index contributed by atoms with van der Waals surface area (Å²) in [4.78, 5) is 12.8. The fraction of sp³-hybridized carbons (Fsp3) is 0.531. The molecular formula is C32H37NO. The van der Waals surface area contributed by atoms with Crippen LogP contribution in [0.25, 0.3) is 10.9 Å². The third-order valence-corrected chi connectivity index (χ3v) is 11.1. The monoisotopic (exact) mass is 451 g/mol. The molecule has 1 heterocycles. The van der Waals surface area contributed by atoms with Gasteiger partial charge in [-0.05, 0) is 91.2 Å². The van der Waals surface area contributed by atoms with E-state index in [4.69, 9.17) is 0 Å². The molecule has 4 aliphatic rings. The number of Topliss-reactive ketones (excluding diaryl/α,β-unsaturated/α-hetero) is 1. The Morgan fingerprint density at radius 3 is 2.56 bits per heavy atom. The molecule has 3 fully saturated rings. The standard InChI is InChI=1S/C32H37NO/c1-31-17-16-27-24(26(31)14-15-30(31)34)13-12-22-18-29-25(19-32(22,27)2)23-10-6-7-11-28(23)33(29)20-21-8-4-3-5-9-21/h3-11,22,24,26-27H,12-20H2,1-2H3/t22-,24-,26-,27-,31-,32-/m0/s1. The molecule has 7 rings (SSSR count). The van der Waals surface area contributed by atoms with Crippen LogP contribution in [0.2, 0.25) is 0 Å². The number of carbonyl (C=O) groups is 1. The molecule has 0 saturated heterocycles. The maximum atomic E-state index is 12.8. The zero-order chi connectivity index (χ0) is 23.1. The number of hydrogen-bond donors (Lipinski definition) is 0. The number of benzene rings is 2. The molecular weight excluding hydrogens is 414 g/mol. The Labute approximate surface area is 203 Å². The lowest BCUT2D eigenvalue weighted by molar-refractivity contribution is -0.136. The molecule has 176 valence electrons. The summed E-state index contributed by atoms with van der Waals surface area (Å²) in [5.41, 5.74) is 6.37. The van der Waals surface area contributed by atoms with Gasteiger partial charge in [-0.1, -0.05) is 62.4 Å². The van der Waals surface area contributed by atoms with Gasteiger partial charge >= 0.3 is 0 Å². The van der Waals surface area contributed by atoms with E-state index < -0.39 is 0 Å². The minimum absolute atomic E-state index is 0.0180. The highest BCUT2D eigenvalue weighted by Crippen LogP contribution is 2.65. The van der Waals surface area contributed by atoms with Crippen molar-refractivity contribution < 1.29 is 4.79 Å². The van der Waals surface area contributed by atoms with Gasteiger partial charge in [-0.15, -0.1) is 0 Å². The van der Waals surface area contributed by atoms with E-state index in [0.29, 0.717) is 17.1 Å². The van der Waals surface area contributed by atoms with Gasteiger partial charge in [0.05, 0.1) is 0 Å². The van der Waals surface area contributed by atoms with Crippen LogP contribution in [0.1, 0.15) is 69.2 Å². The SMILES string of the molecule is C[C@]12Cc3c(n(Cc4ccccc4)c4ccccc34)C[C@@H]1CC[C@@H]1[C@@H]2CC[C@]2(C)C(=O)CC[C@@H]12. The van der Waals surface area contributed by atoms with Gasteiger partial charge in [0.25, 0.3) is 0 Å². The van der Waals surface area contributed by atoms with Crippen molar-refractivity contribution in [2.45, 2.75) is 71.8 Å². The molecule has 2 heteroatoms. The van der Waals surface area contributed by atoms with Crippen LogP contribution in [-0.2, 0) is 24.2 Å². The van der Waals surface area contributed by atoms with Gasteiger partial charge in [0.2, 0.25) is 0 Å². The van der Waals surface area contributed by atoms with E-state index in [1.54, 1.807) is 11.3 Å². The molecule has 3 aromatic rings. The first-order valence-corrected chi connectivity index (χ1v) is 13.7. The summed E-state index contributed by atoms with van der Waals surface area (Å²) in [6.45, 7) is 5.92. The highest BCUT2D eigenvalue weighted by Gasteiger charge is 2.60. The Morgan fingerprint density at radius 1 is 0.912 bits per heavy atom. The summed E-state index contributed by atoms with van der Waals surface area (Å²) in [7, 11) is 0. The summed E-state index contributed by atoms with van der Waals surface area (Å²) >= 11 is 0. The molecule has 0 unspecified atom stereocenters. The second-order valence-electron chi connectivity index (χ2n) is 12.5. The number of hydrogen-bond acceptors (Lipinski definition) is 1. The normalized spacial score (nSPS) is 36.6. The number of nitrogens with zero attached hydrogens (tertiary/aromatic N) is 1. The van der Waals surface area contributed by atoms with Crippen LogP contribution >= 0.6 is 0 Å².